The molecule has 0 bridgehead atoms. The molecule has 4 aromatic rings. The second-order valence-electron chi connectivity index (χ2n) is 8.81. The second-order valence-corrected chi connectivity index (χ2v) is 9.63. The molecule has 3 heterocycles. The molecule has 0 saturated carbocycles. The molecule has 0 saturated heterocycles. The molecule has 3 aromatic heterocycles. The third kappa shape index (κ3) is 5.70. The molecular weight excluding hydrogens is 527 g/mol. The average molecular weight is 557 g/mol. The highest BCUT2D eigenvalue weighted by atomic mass is 35.5. The van der Waals surface area contributed by atoms with Gasteiger partial charge in [-0.15, -0.1) is 4.73 Å². The molecule has 4 rings (SSSR count). The first-order valence-electron chi connectivity index (χ1n) is 12.4. The molecule has 0 aliphatic rings. The molecule has 0 spiro atoms. The summed E-state index contributed by atoms with van der Waals surface area (Å²) < 4.78 is 2.86. The van der Waals surface area contributed by atoms with Crippen LogP contribution in [-0.4, -0.2) is 56.7 Å². The fraction of sp³-hybridized carbons (Fsp3) is 0.333. The summed E-state index contributed by atoms with van der Waals surface area (Å²) in [6, 6.07) is 8.45. The maximum atomic E-state index is 13.3. The number of ketones is 1. The SMILES string of the molecule is CCN(CC)CCCC(=O)c1cc(Nc2ncc3cc(-c4c(Cl)cccc4Cl)c(=O)n(OC)c3n2)cn1C. The van der Waals surface area contributed by atoms with Crippen molar-refractivity contribution >= 4 is 51.7 Å². The summed E-state index contributed by atoms with van der Waals surface area (Å²) in [5.74, 6) is 0.323. The van der Waals surface area contributed by atoms with E-state index in [1.807, 2.05) is 7.05 Å². The minimum atomic E-state index is -0.461. The lowest BCUT2D eigenvalue weighted by atomic mass is 10.1. The Labute approximate surface area is 230 Å². The smallest absolute Gasteiger partial charge is 0.293 e. The Morgan fingerprint density at radius 3 is 2.53 bits per heavy atom. The number of rotatable bonds is 11. The average Bonchev–Trinajstić information content (AvgIpc) is 3.26. The molecule has 200 valence electrons. The number of hydrogen-bond donors (Lipinski definition) is 1. The highest BCUT2D eigenvalue weighted by molar-refractivity contribution is 6.39. The number of Topliss-reactive ketones (excluding diaryl/α,β-unsaturated/α-hetero) is 1. The number of benzene rings is 1. The third-order valence-electron chi connectivity index (χ3n) is 6.44. The van der Waals surface area contributed by atoms with Crippen molar-refractivity contribution in [2.75, 3.05) is 32.1 Å². The predicted octanol–water partition coefficient (Wildman–Crippen LogP) is 5.21. The Kier molecular flexibility index (Phi) is 8.71. The van der Waals surface area contributed by atoms with Gasteiger partial charge in [0.15, 0.2) is 11.4 Å². The number of fused-ring (bicyclic) bond motifs is 1. The standard InChI is InChI=1S/C27H30Cl2N6O3/c1-5-34(6-2)12-8-11-23(36)22-14-18(16-33(22)3)31-27-30-15-17-13-19(24-20(28)9-7-10-21(24)29)26(37)35(38-4)25(17)32-27/h7,9-10,13-16H,5-6,8,11-12H2,1-4H3,(H,30,31,32). The Morgan fingerprint density at radius 2 is 1.87 bits per heavy atom. The van der Waals surface area contributed by atoms with E-state index in [-0.39, 0.29) is 22.9 Å². The third-order valence-corrected chi connectivity index (χ3v) is 7.07. The fourth-order valence-corrected chi connectivity index (χ4v) is 5.00. The van der Waals surface area contributed by atoms with Gasteiger partial charge in [0.1, 0.15) is 7.11 Å². The summed E-state index contributed by atoms with van der Waals surface area (Å²) in [5, 5.41) is 4.37. The van der Waals surface area contributed by atoms with Crippen molar-refractivity contribution in [2.45, 2.75) is 26.7 Å². The highest BCUT2D eigenvalue weighted by Crippen LogP contribution is 2.33. The molecule has 0 aliphatic heterocycles. The van der Waals surface area contributed by atoms with E-state index in [2.05, 4.69) is 34.0 Å². The van der Waals surface area contributed by atoms with Crippen LogP contribution >= 0.6 is 23.2 Å². The molecule has 0 amide bonds. The van der Waals surface area contributed by atoms with Gasteiger partial charge in [-0.25, -0.2) is 4.98 Å². The lowest BCUT2D eigenvalue weighted by Gasteiger charge is -2.17. The van der Waals surface area contributed by atoms with Crippen molar-refractivity contribution in [3.05, 3.63) is 68.8 Å². The molecule has 38 heavy (non-hydrogen) atoms. The minimum Gasteiger partial charge on any atom is -0.412 e. The van der Waals surface area contributed by atoms with Crippen LogP contribution in [0.5, 0.6) is 0 Å². The summed E-state index contributed by atoms with van der Waals surface area (Å²) in [5.41, 5.74) is 1.75. The van der Waals surface area contributed by atoms with Crippen LogP contribution in [0.4, 0.5) is 11.6 Å². The number of aryl methyl sites for hydroxylation is 1. The molecule has 11 heteroatoms. The van der Waals surface area contributed by atoms with Crippen LogP contribution in [0.2, 0.25) is 10.0 Å². The van der Waals surface area contributed by atoms with Gasteiger partial charge in [-0.3, -0.25) is 9.59 Å². The zero-order chi connectivity index (χ0) is 27.4. The Bertz CT molecular complexity index is 1510. The van der Waals surface area contributed by atoms with E-state index >= 15 is 0 Å². The number of aromatic nitrogens is 4. The molecule has 1 aromatic carbocycles. The first kappa shape index (κ1) is 27.6. The first-order chi connectivity index (χ1) is 18.3. The number of carbonyl (C=O) groups is 1. The van der Waals surface area contributed by atoms with Crippen LogP contribution in [0.3, 0.4) is 0 Å². The number of nitrogens with one attached hydrogen (secondary N) is 1. The zero-order valence-corrected chi connectivity index (χ0v) is 23.3. The Hall–Kier alpha value is -3.40. The molecule has 0 unspecified atom stereocenters. The van der Waals surface area contributed by atoms with Gasteiger partial charge in [0.2, 0.25) is 5.95 Å². The molecule has 0 radical (unpaired) electrons. The van der Waals surface area contributed by atoms with Gasteiger partial charge < -0.3 is 19.6 Å². The number of halogens is 2. The van der Waals surface area contributed by atoms with Gasteiger partial charge in [-0.05, 0) is 50.3 Å². The van der Waals surface area contributed by atoms with E-state index in [4.69, 9.17) is 28.0 Å². The van der Waals surface area contributed by atoms with E-state index in [0.29, 0.717) is 38.8 Å². The molecular formula is C27H30Cl2N6O3. The van der Waals surface area contributed by atoms with Gasteiger partial charge in [0, 0.05) is 36.8 Å². The molecule has 0 atom stereocenters. The van der Waals surface area contributed by atoms with Gasteiger partial charge in [-0.1, -0.05) is 43.1 Å². The maximum Gasteiger partial charge on any atom is 0.293 e. The zero-order valence-electron chi connectivity index (χ0n) is 21.8. The number of carbonyl (C=O) groups excluding carboxylic acids is 1. The normalized spacial score (nSPS) is 11.3. The van der Waals surface area contributed by atoms with Crippen LogP contribution < -0.4 is 15.7 Å². The Balaban J connectivity index is 1.60. The monoisotopic (exact) mass is 556 g/mol. The van der Waals surface area contributed by atoms with Crippen molar-refractivity contribution in [3.63, 3.8) is 0 Å². The molecule has 0 fully saturated rings. The van der Waals surface area contributed by atoms with Crippen molar-refractivity contribution in [2.24, 2.45) is 7.05 Å². The van der Waals surface area contributed by atoms with Crippen LogP contribution in [-0.2, 0) is 7.05 Å². The largest absolute Gasteiger partial charge is 0.412 e. The summed E-state index contributed by atoms with van der Waals surface area (Å²) in [6.07, 6.45) is 4.66. The quantitative estimate of drug-likeness (QED) is 0.253. The van der Waals surface area contributed by atoms with Crippen molar-refractivity contribution < 1.29 is 9.63 Å². The van der Waals surface area contributed by atoms with E-state index in [0.717, 1.165) is 30.8 Å². The number of anilines is 2. The maximum absolute atomic E-state index is 13.3. The van der Waals surface area contributed by atoms with Crippen molar-refractivity contribution in [1.29, 1.82) is 0 Å². The van der Waals surface area contributed by atoms with Gasteiger partial charge in [-0.2, -0.15) is 4.98 Å². The van der Waals surface area contributed by atoms with Crippen molar-refractivity contribution in [3.8, 4) is 11.1 Å². The van der Waals surface area contributed by atoms with Gasteiger partial charge in [0.25, 0.3) is 5.56 Å². The fourth-order valence-electron chi connectivity index (χ4n) is 4.40. The van der Waals surface area contributed by atoms with E-state index in [1.165, 1.54) is 7.11 Å². The predicted molar refractivity (Wildman–Crippen MR) is 152 cm³/mol. The molecule has 0 aliphatic carbocycles. The van der Waals surface area contributed by atoms with Crippen LogP contribution in [0, 0.1) is 0 Å². The first-order valence-corrected chi connectivity index (χ1v) is 13.1. The lowest BCUT2D eigenvalue weighted by Crippen LogP contribution is -2.27. The number of pyridine rings is 1. The van der Waals surface area contributed by atoms with Crippen LogP contribution in [0.15, 0.2) is 47.5 Å². The van der Waals surface area contributed by atoms with E-state index in [1.54, 1.807) is 47.3 Å². The van der Waals surface area contributed by atoms with Gasteiger partial charge >= 0.3 is 0 Å². The van der Waals surface area contributed by atoms with Crippen LogP contribution in [0.1, 0.15) is 37.2 Å². The molecule has 1 N–H and O–H groups in total. The molecule has 9 nitrogen and oxygen atoms in total. The topological polar surface area (TPSA) is 94.3 Å². The van der Waals surface area contributed by atoms with Crippen LogP contribution in [0.25, 0.3) is 22.2 Å². The Morgan fingerprint density at radius 1 is 1.16 bits per heavy atom. The summed E-state index contributed by atoms with van der Waals surface area (Å²) in [7, 11) is 3.21. The lowest BCUT2D eigenvalue weighted by molar-refractivity contribution is 0.0967. The van der Waals surface area contributed by atoms with E-state index in [9.17, 15) is 9.59 Å². The van der Waals surface area contributed by atoms with E-state index < -0.39 is 5.56 Å². The summed E-state index contributed by atoms with van der Waals surface area (Å²) >= 11 is 12.7. The second kappa shape index (κ2) is 12.0. The summed E-state index contributed by atoms with van der Waals surface area (Å²) in [4.78, 5) is 42.7. The summed E-state index contributed by atoms with van der Waals surface area (Å²) in [6.45, 7) is 7.08. The minimum absolute atomic E-state index is 0.0751. The highest BCUT2D eigenvalue weighted by Gasteiger charge is 2.19. The van der Waals surface area contributed by atoms with Gasteiger partial charge in [0.05, 0.1) is 27.0 Å². The number of nitrogens with zero attached hydrogens (tertiary/aromatic N) is 5. The van der Waals surface area contributed by atoms with Crippen molar-refractivity contribution in [1.82, 2.24) is 24.2 Å². The number of hydrogen-bond acceptors (Lipinski definition) is 7.